The molecule has 0 aliphatic rings. The Bertz CT molecular complexity index is 967. The van der Waals surface area contributed by atoms with Crippen LogP contribution in [0.3, 0.4) is 0 Å². The summed E-state index contributed by atoms with van der Waals surface area (Å²) in [5.41, 5.74) is 1.56. The molecule has 0 saturated heterocycles. The molecule has 0 saturated carbocycles. The summed E-state index contributed by atoms with van der Waals surface area (Å²) >= 11 is 0. The molecule has 3 aromatic rings. The van der Waals surface area contributed by atoms with Crippen molar-refractivity contribution in [3.63, 3.8) is 0 Å². The van der Waals surface area contributed by atoms with Gasteiger partial charge in [-0.05, 0) is 37.3 Å². The summed E-state index contributed by atoms with van der Waals surface area (Å²) in [5, 5.41) is 2.76. The van der Waals surface area contributed by atoms with E-state index in [4.69, 9.17) is 4.74 Å². The number of hydrogen-bond donors (Lipinski definition) is 1. The van der Waals surface area contributed by atoms with Crippen LogP contribution in [0.5, 0.6) is 5.75 Å². The molecule has 2 heterocycles. The maximum atomic E-state index is 12.3. The first kappa shape index (κ1) is 18.3. The van der Waals surface area contributed by atoms with Gasteiger partial charge in [0.05, 0.1) is 24.7 Å². The quantitative estimate of drug-likeness (QED) is 0.694. The summed E-state index contributed by atoms with van der Waals surface area (Å²) in [6.45, 7) is 3.23. The lowest BCUT2D eigenvalue weighted by Gasteiger charge is -2.08. The Balaban J connectivity index is 1.65. The number of nitrogens with one attached hydrogen (secondary N) is 1. The van der Waals surface area contributed by atoms with Crippen molar-refractivity contribution in [2.45, 2.75) is 13.5 Å². The van der Waals surface area contributed by atoms with Gasteiger partial charge < -0.3 is 14.6 Å². The molecule has 138 valence electrons. The van der Waals surface area contributed by atoms with Crippen LogP contribution in [0.25, 0.3) is 11.3 Å². The van der Waals surface area contributed by atoms with Crippen molar-refractivity contribution in [3.05, 3.63) is 77.1 Å². The van der Waals surface area contributed by atoms with E-state index >= 15 is 0 Å². The van der Waals surface area contributed by atoms with Gasteiger partial charge in [-0.15, -0.1) is 0 Å². The van der Waals surface area contributed by atoms with E-state index in [0.29, 0.717) is 25.4 Å². The molecule has 7 heteroatoms. The number of pyridine rings is 1. The topological polar surface area (TPSA) is 86.1 Å². The second kappa shape index (κ2) is 8.75. The molecule has 0 fully saturated rings. The van der Waals surface area contributed by atoms with E-state index in [1.54, 1.807) is 24.5 Å². The highest BCUT2D eigenvalue weighted by atomic mass is 16.5. The van der Waals surface area contributed by atoms with Crippen molar-refractivity contribution in [1.82, 2.24) is 19.9 Å². The van der Waals surface area contributed by atoms with Crippen molar-refractivity contribution >= 4 is 5.91 Å². The average Bonchev–Trinajstić information content (AvgIpc) is 2.70. The van der Waals surface area contributed by atoms with Crippen LogP contribution in [-0.4, -0.2) is 33.6 Å². The van der Waals surface area contributed by atoms with E-state index in [0.717, 1.165) is 11.3 Å². The zero-order valence-electron chi connectivity index (χ0n) is 15.0. The SMILES string of the molecule is CCOc1ccc(-c2cncc(C(=O)NCCn3ccccc3=O)n2)cc1. The predicted molar refractivity (Wildman–Crippen MR) is 102 cm³/mol. The van der Waals surface area contributed by atoms with Crippen LogP contribution >= 0.6 is 0 Å². The molecule has 3 rings (SSSR count). The summed E-state index contributed by atoms with van der Waals surface area (Å²) in [6.07, 6.45) is 4.71. The molecular formula is C20H20N4O3. The van der Waals surface area contributed by atoms with Crippen molar-refractivity contribution < 1.29 is 9.53 Å². The molecule has 7 nitrogen and oxygen atoms in total. The Labute approximate surface area is 156 Å². The molecule has 1 amide bonds. The number of carbonyl (C=O) groups is 1. The summed E-state index contributed by atoms with van der Waals surface area (Å²) in [4.78, 5) is 32.5. The minimum Gasteiger partial charge on any atom is -0.494 e. The number of ether oxygens (including phenoxy) is 1. The third-order valence-electron chi connectivity index (χ3n) is 3.87. The zero-order valence-corrected chi connectivity index (χ0v) is 15.0. The Hall–Kier alpha value is -3.48. The normalized spacial score (nSPS) is 10.4. The Morgan fingerprint density at radius 2 is 1.96 bits per heavy atom. The van der Waals surface area contributed by atoms with Crippen LogP contribution in [-0.2, 0) is 6.54 Å². The first-order chi connectivity index (χ1) is 13.2. The standard InChI is InChI=1S/C20H20N4O3/c1-2-27-16-8-6-15(7-9-16)17-13-21-14-18(23-17)20(26)22-10-12-24-11-4-3-5-19(24)25/h3-9,11,13-14H,2,10,12H2,1H3,(H,22,26). The van der Waals surface area contributed by atoms with Crippen LogP contribution in [0.2, 0.25) is 0 Å². The second-order valence-electron chi connectivity index (χ2n) is 5.74. The molecule has 2 aromatic heterocycles. The lowest BCUT2D eigenvalue weighted by atomic mass is 10.1. The van der Waals surface area contributed by atoms with Gasteiger partial charge in [0.15, 0.2) is 0 Å². The smallest absolute Gasteiger partial charge is 0.271 e. The molecule has 0 unspecified atom stereocenters. The number of benzene rings is 1. The molecule has 0 spiro atoms. The van der Waals surface area contributed by atoms with Gasteiger partial charge in [-0.25, -0.2) is 4.98 Å². The Morgan fingerprint density at radius 1 is 1.15 bits per heavy atom. The molecule has 1 aromatic carbocycles. The Kier molecular flexibility index (Phi) is 5.94. The minimum atomic E-state index is -0.334. The fourth-order valence-corrected chi connectivity index (χ4v) is 2.53. The molecule has 1 N–H and O–H groups in total. The van der Waals surface area contributed by atoms with Crippen molar-refractivity contribution in [1.29, 1.82) is 0 Å². The van der Waals surface area contributed by atoms with Gasteiger partial charge >= 0.3 is 0 Å². The van der Waals surface area contributed by atoms with E-state index in [-0.39, 0.29) is 17.2 Å². The van der Waals surface area contributed by atoms with Crippen LogP contribution < -0.4 is 15.6 Å². The summed E-state index contributed by atoms with van der Waals surface area (Å²) in [5.74, 6) is 0.443. The van der Waals surface area contributed by atoms with E-state index < -0.39 is 0 Å². The van der Waals surface area contributed by atoms with Gasteiger partial charge in [0.1, 0.15) is 11.4 Å². The van der Waals surface area contributed by atoms with E-state index in [1.165, 1.54) is 16.8 Å². The van der Waals surface area contributed by atoms with Crippen LogP contribution in [0.4, 0.5) is 0 Å². The number of nitrogens with zero attached hydrogens (tertiary/aromatic N) is 3. The van der Waals surface area contributed by atoms with Gasteiger partial charge in [0.25, 0.3) is 11.5 Å². The number of aromatic nitrogens is 3. The van der Waals surface area contributed by atoms with Gasteiger partial charge in [-0.3, -0.25) is 14.6 Å². The molecule has 0 bridgehead atoms. The first-order valence-corrected chi connectivity index (χ1v) is 8.66. The average molecular weight is 364 g/mol. The van der Waals surface area contributed by atoms with E-state index in [2.05, 4.69) is 15.3 Å². The highest BCUT2D eigenvalue weighted by molar-refractivity contribution is 5.92. The monoisotopic (exact) mass is 364 g/mol. The van der Waals surface area contributed by atoms with Crippen molar-refractivity contribution in [2.24, 2.45) is 0 Å². The fraction of sp³-hybridized carbons (Fsp3) is 0.200. The Morgan fingerprint density at radius 3 is 2.70 bits per heavy atom. The zero-order chi connectivity index (χ0) is 19.1. The van der Waals surface area contributed by atoms with Gasteiger partial charge in [-0.1, -0.05) is 6.07 Å². The van der Waals surface area contributed by atoms with Gasteiger partial charge in [-0.2, -0.15) is 0 Å². The van der Waals surface area contributed by atoms with E-state index in [1.807, 2.05) is 31.2 Å². The predicted octanol–water partition coefficient (Wildman–Crippen LogP) is 2.13. The lowest BCUT2D eigenvalue weighted by molar-refractivity contribution is 0.0947. The largest absolute Gasteiger partial charge is 0.494 e. The second-order valence-corrected chi connectivity index (χ2v) is 5.74. The number of amides is 1. The molecule has 0 aliphatic carbocycles. The minimum absolute atomic E-state index is 0.107. The number of rotatable bonds is 7. The number of hydrogen-bond acceptors (Lipinski definition) is 5. The number of carbonyl (C=O) groups excluding carboxylic acids is 1. The maximum absolute atomic E-state index is 12.3. The third-order valence-corrected chi connectivity index (χ3v) is 3.87. The summed E-state index contributed by atoms with van der Waals surface area (Å²) in [6, 6.07) is 12.4. The van der Waals surface area contributed by atoms with Gasteiger partial charge in [0.2, 0.25) is 0 Å². The first-order valence-electron chi connectivity index (χ1n) is 8.66. The van der Waals surface area contributed by atoms with Crippen LogP contribution in [0.1, 0.15) is 17.4 Å². The van der Waals surface area contributed by atoms with Crippen LogP contribution in [0.15, 0.2) is 65.8 Å². The molecule has 27 heavy (non-hydrogen) atoms. The van der Waals surface area contributed by atoms with Crippen LogP contribution in [0, 0.1) is 0 Å². The van der Waals surface area contributed by atoms with Gasteiger partial charge in [0, 0.05) is 30.9 Å². The maximum Gasteiger partial charge on any atom is 0.271 e. The molecule has 0 atom stereocenters. The van der Waals surface area contributed by atoms with Crippen molar-refractivity contribution in [2.75, 3.05) is 13.2 Å². The van der Waals surface area contributed by atoms with E-state index in [9.17, 15) is 9.59 Å². The third kappa shape index (κ3) is 4.78. The summed E-state index contributed by atoms with van der Waals surface area (Å²) in [7, 11) is 0. The summed E-state index contributed by atoms with van der Waals surface area (Å²) < 4.78 is 6.95. The fourth-order valence-electron chi connectivity index (χ4n) is 2.53. The highest BCUT2D eigenvalue weighted by Gasteiger charge is 2.10. The lowest BCUT2D eigenvalue weighted by Crippen LogP contribution is -2.30. The molecule has 0 radical (unpaired) electrons. The molecule has 0 aliphatic heterocycles. The molecular weight excluding hydrogens is 344 g/mol. The van der Waals surface area contributed by atoms with Crippen molar-refractivity contribution in [3.8, 4) is 17.0 Å². The highest BCUT2D eigenvalue weighted by Crippen LogP contribution is 2.20.